The van der Waals surface area contributed by atoms with Crippen LogP contribution < -0.4 is 10.1 Å². The molecule has 0 aromatic heterocycles. The third kappa shape index (κ3) is 3.31. The van der Waals surface area contributed by atoms with Crippen molar-refractivity contribution in [2.24, 2.45) is 5.92 Å². The van der Waals surface area contributed by atoms with E-state index in [0.717, 1.165) is 49.5 Å². The number of para-hydroxylation sites is 1. The fourth-order valence-corrected chi connectivity index (χ4v) is 9.43. The molecule has 4 heterocycles. The average molecular weight is 575 g/mol. The fourth-order valence-electron chi connectivity index (χ4n) is 9.43. The molecule has 39 heavy (non-hydrogen) atoms. The number of nitrogens with one attached hydrogen (secondary N) is 1. The van der Waals surface area contributed by atoms with Crippen LogP contribution in [0.15, 0.2) is 42.5 Å². The Kier molecular flexibility index (Phi) is 6.26. The van der Waals surface area contributed by atoms with Crippen molar-refractivity contribution in [3.63, 3.8) is 0 Å². The van der Waals surface area contributed by atoms with Crippen molar-refractivity contribution in [1.29, 1.82) is 0 Å². The summed E-state index contributed by atoms with van der Waals surface area (Å²) in [6.45, 7) is 2.12. The number of anilines is 1. The largest absolute Gasteiger partial charge is 0.504 e. The Hall–Kier alpha value is -2.03. The molecule has 6 atom stereocenters. The van der Waals surface area contributed by atoms with Crippen molar-refractivity contribution < 1.29 is 19.7 Å². The molecular formula is C30H37Cl2N3O4. The molecule has 9 rings (SSSR count). The van der Waals surface area contributed by atoms with Gasteiger partial charge in [0, 0.05) is 30.3 Å². The second-order valence-corrected chi connectivity index (χ2v) is 12.5. The highest BCUT2D eigenvalue weighted by Crippen LogP contribution is 2.72. The minimum absolute atomic E-state index is 0. The Morgan fingerprint density at radius 1 is 1.10 bits per heavy atom. The molecule has 0 radical (unpaired) electrons. The molecule has 5 fully saturated rings. The van der Waals surface area contributed by atoms with E-state index in [9.17, 15) is 15.0 Å². The van der Waals surface area contributed by atoms with Gasteiger partial charge in [0.15, 0.2) is 11.5 Å². The minimum atomic E-state index is -1.19. The summed E-state index contributed by atoms with van der Waals surface area (Å²) in [5.74, 6) is 1.44. The van der Waals surface area contributed by atoms with Gasteiger partial charge in [0.25, 0.3) is 0 Å². The molecule has 2 saturated carbocycles. The standard InChI is InChI=1S/C30H35N3O4.2ClH/c1-32-22(16-24(35)31-20-5-3-2-4-6-20)29(36)11-12-30(32)23-15-19-9-10-21(34)26-25(19)28(30,27(29)37-26)13-14-33(23)17-18-7-8-18;;/h2-6,9-10,18,22-23,27,34,36H,7-8,11-17H2,1H3,(H,31,35);2*1H/t22-,23-,27-,28-,29-,30-;;/m1../s1. The van der Waals surface area contributed by atoms with Crippen LogP contribution in [0.1, 0.15) is 49.7 Å². The zero-order valence-corrected chi connectivity index (χ0v) is 23.8. The SMILES string of the molecule is CN1[C@H](CC(=O)Nc2ccccc2)[C@]2(O)CC[C@]13[C@H]1Cc4ccc(O)c5c4[C@]3(CCN1CC1CC1)[C@H]2O5.Cl.Cl. The number of aliphatic hydroxyl groups is 1. The van der Waals surface area contributed by atoms with E-state index in [-0.39, 0.29) is 59.9 Å². The Labute approximate surface area is 241 Å². The van der Waals surface area contributed by atoms with Crippen LogP contribution in [0.4, 0.5) is 5.69 Å². The Bertz CT molecular complexity index is 1310. The summed E-state index contributed by atoms with van der Waals surface area (Å²) < 4.78 is 6.67. The summed E-state index contributed by atoms with van der Waals surface area (Å²) in [5, 5.41) is 26.5. The van der Waals surface area contributed by atoms with Crippen LogP contribution in [-0.4, -0.2) is 75.4 Å². The van der Waals surface area contributed by atoms with Crippen molar-refractivity contribution in [3.05, 3.63) is 53.6 Å². The van der Waals surface area contributed by atoms with E-state index in [4.69, 9.17) is 4.74 Å². The first-order valence-corrected chi connectivity index (χ1v) is 13.9. The van der Waals surface area contributed by atoms with Crippen molar-refractivity contribution in [1.82, 2.24) is 9.80 Å². The smallest absolute Gasteiger partial charge is 0.226 e. The number of fused-ring (bicyclic) bond motifs is 2. The molecule has 7 aliphatic rings. The van der Waals surface area contributed by atoms with Gasteiger partial charge in [0.2, 0.25) is 5.91 Å². The molecular weight excluding hydrogens is 537 g/mol. The van der Waals surface area contributed by atoms with Crippen molar-refractivity contribution in [3.8, 4) is 11.5 Å². The number of phenolic OH excluding ortho intramolecular Hbond substituents is 1. The van der Waals surface area contributed by atoms with Gasteiger partial charge in [-0.1, -0.05) is 24.3 Å². The zero-order chi connectivity index (χ0) is 25.2. The summed E-state index contributed by atoms with van der Waals surface area (Å²) in [7, 11) is 2.14. The number of piperidine rings is 3. The lowest BCUT2D eigenvalue weighted by molar-refractivity contribution is -0.286. The number of likely N-dealkylation sites (tertiary alicyclic amines) is 1. The van der Waals surface area contributed by atoms with E-state index in [0.29, 0.717) is 18.2 Å². The van der Waals surface area contributed by atoms with E-state index < -0.39 is 11.7 Å². The molecule has 4 aliphatic heterocycles. The average Bonchev–Trinajstić information content (AvgIpc) is 3.63. The second kappa shape index (κ2) is 8.98. The quantitative estimate of drug-likeness (QED) is 0.503. The summed E-state index contributed by atoms with van der Waals surface area (Å²) in [4.78, 5) is 18.5. The summed E-state index contributed by atoms with van der Waals surface area (Å²) in [6, 6.07) is 13.3. The number of phenols is 1. The number of likely N-dealkylation sites (N-methyl/N-ethyl adjacent to an activating group) is 1. The molecule has 9 heteroatoms. The minimum Gasteiger partial charge on any atom is -0.504 e. The first-order valence-electron chi connectivity index (χ1n) is 13.9. The van der Waals surface area contributed by atoms with Crippen molar-refractivity contribution >= 4 is 36.4 Å². The summed E-state index contributed by atoms with van der Waals surface area (Å²) in [5.41, 5.74) is 1.34. The fraction of sp³-hybridized carbons (Fsp3) is 0.567. The molecule has 210 valence electrons. The number of nitrogens with zero attached hydrogens (tertiary/aromatic N) is 2. The number of rotatable bonds is 5. The normalized spacial score (nSPS) is 37.2. The van der Waals surface area contributed by atoms with Crippen molar-refractivity contribution in [2.75, 3.05) is 25.5 Å². The molecule has 4 bridgehead atoms. The molecule has 1 amide bonds. The predicted octanol–water partition coefficient (Wildman–Crippen LogP) is 3.88. The molecule has 3 aliphatic carbocycles. The number of halogens is 2. The van der Waals surface area contributed by atoms with Crippen LogP contribution in [0.5, 0.6) is 11.5 Å². The molecule has 3 N–H and O–H groups in total. The van der Waals surface area contributed by atoms with Gasteiger partial charge >= 0.3 is 0 Å². The topological polar surface area (TPSA) is 85.3 Å². The number of carbonyl (C=O) groups excluding carboxylic acids is 1. The van der Waals surface area contributed by atoms with Crippen LogP contribution >= 0.6 is 24.8 Å². The van der Waals surface area contributed by atoms with E-state index >= 15 is 0 Å². The van der Waals surface area contributed by atoms with E-state index in [2.05, 4.69) is 28.2 Å². The Balaban J connectivity index is 0.00000138. The maximum Gasteiger partial charge on any atom is 0.226 e. The number of ether oxygens (including phenoxy) is 1. The number of aromatic hydroxyl groups is 1. The second-order valence-electron chi connectivity index (χ2n) is 12.5. The van der Waals surface area contributed by atoms with Crippen LogP contribution in [0, 0.1) is 5.92 Å². The number of hydrogen-bond donors (Lipinski definition) is 3. The van der Waals surface area contributed by atoms with Gasteiger partial charge in [-0.2, -0.15) is 0 Å². The summed E-state index contributed by atoms with van der Waals surface area (Å²) in [6.07, 6.45) is 5.66. The summed E-state index contributed by atoms with van der Waals surface area (Å²) >= 11 is 0. The van der Waals surface area contributed by atoms with Gasteiger partial charge in [0.1, 0.15) is 11.7 Å². The highest BCUT2D eigenvalue weighted by molar-refractivity contribution is 5.91. The van der Waals surface area contributed by atoms with Gasteiger partial charge < -0.3 is 20.3 Å². The van der Waals surface area contributed by atoms with Crippen LogP contribution in [-0.2, 0) is 16.6 Å². The lowest BCUT2D eigenvalue weighted by atomic mass is 9.41. The maximum absolute atomic E-state index is 13.3. The first kappa shape index (κ1) is 27.2. The lowest BCUT2D eigenvalue weighted by Crippen LogP contribution is -2.91. The van der Waals surface area contributed by atoms with Crippen LogP contribution in [0.3, 0.4) is 0 Å². The highest BCUT2D eigenvalue weighted by atomic mass is 35.5. The molecule has 7 nitrogen and oxygen atoms in total. The molecule has 2 spiro atoms. The van der Waals surface area contributed by atoms with E-state index in [1.807, 2.05) is 30.3 Å². The van der Waals surface area contributed by atoms with E-state index in [1.54, 1.807) is 6.07 Å². The number of amides is 1. The van der Waals surface area contributed by atoms with Gasteiger partial charge in [0.05, 0.1) is 17.0 Å². The van der Waals surface area contributed by atoms with Gasteiger partial charge in [-0.05, 0) is 81.8 Å². The van der Waals surface area contributed by atoms with Crippen LogP contribution in [0.25, 0.3) is 0 Å². The number of carbonyl (C=O) groups is 1. The highest BCUT2D eigenvalue weighted by Gasteiger charge is 2.82. The molecule has 0 unspecified atom stereocenters. The van der Waals surface area contributed by atoms with Gasteiger partial charge in [-0.25, -0.2) is 0 Å². The molecule has 2 aromatic carbocycles. The third-order valence-electron chi connectivity index (χ3n) is 11.0. The monoisotopic (exact) mass is 573 g/mol. The van der Waals surface area contributed by atoms with E-state index in [1.165, 1.54) is 18.4 Å². The molecule has 2 aromatic rings. The van der Waals surface area contributed by atoms with Crippen molar-refractivity contribution in [2.45, 2.75) is 79.7 Å². The maximum atomic E-state index is 13.3. The number of benzene rings is 2. The predicted molar refractivity (Wildman–Crippen MR) is 153 cm³/mol. The van der Waals surface area contributed by atoms with Gasteiger partial charge in [-0.3, -0.25) is 14.6 Å². The Morgan fingerprint density at radius 3 is 2.62 bits per heavy atom. The third-order valence-corrected chi connectivity index (χ3v) is 11.0. The lowest BCUT2D eigenvalue weighted by Gasteiger charge is -2.76. The molecule has 3 saturated heterocycles. The zero-order valence-electron chi connectivity index (χ0n) is 22.1. The Morgan fingerprint density at radius 2 is 1.87 bits per heavy atom. The first-order chi connectivity index (χ1) is 17.9. The van der Waals surface area contributed by atoms with Gasteiger partial charge in [-0.15, -0.1) is 24.8 Å². The van der Waals surface area contributed by atoms with Crippen LogP contribution in [0.2, 0.25) is 0 Å². The number of hydrogen-bond acceptors (Lipinski definition) is 6.